The summed E-state index contributed by atoms with van der Waals surface area (Å²) in [6, 6.07) is 0.910. The van der Waals surface area contributed by atoms with E-state index in [4.69, 9.17) is 0 Å². The summed E-state index contributed by atoms with van der Waals surface area (Å²) in [6.07, 6.45) is 19.9. The molecule has 0 spiro atoms. The lowest BCUT2D eigenvalue weighted by atomic mass is 9.67. The molecule has 0 aromatic rings. The summed E-state index contributed by atoms with van der Waals surface area (Å²) in [5.74, 6) is 7.69. The van der Waals surface area contributed by atoms with Crippen LogP contribution >= 0.6 is 0 Å². The maximum absolute atomic E-state index is 3.73. The molecule has 0 amide bonds. The Hall–Kier alpha value is -0.0800. The van der Waals surface area contributed by atoms with Gasteiger partial charge in [-0.15, -0.1) is 0 Å². The van der Waals surface area contributed by atoms with E-state index in [-0.39, 0.29) is 7.43 Å². The molecule has 8 unspecified atom stereocenters. The van der Waals surface area contributed by atoms with Crippen LogP contribution in [0.2, 0.25) is 0 Å². The Morgan fingerprint density at radius 3 is 1.78 bits per heavy atom. The molecule has 4 saturated carbocycles. The maximum atomic E-state index is 3.73. The summed E-state index contributed by atoms with van der Waals surface area (Å²) in [7, 11) is 0. The minimum Gasteiger partial charge on any atom is -0.316 e. The van der Waals surface area contributed by atoms with Crippen molar-refractivity contribution in [1.29, 1.82) is 0 Å². The molecule has 8 atom stereocenters. The monoisotopic (exact) mass is 374 g/mol. The molecular weight excluding hydrogens is 328 g/mol. The van der Waals surface area contributed by atoms with Crippen LogP contribution in [-0.4, -0.2) is 25.7 Å². The van der Waals surface area contributed by atoms with E-state index in [9.17, 15) is 0 Å². The molecule has 2 saturated heterocycles. The second kappa shape index (κ2) is 9.16. The Bertz CT molecular complexity index is 381. The fourth-order valence-electron chi connectivity index (χ4n) is 8.10. The molecule has 27 heavy (non-hydrogen) atoms. The van der Waals surface area contributed by atoms with Gasteiger partial charge in [-0.25, -0.2) is 0 Å². The largest absolute Gasteiger partial charge is 0.316 e. The zero-order chi connectivity index (χ0) is 17.3. The first-order valence-corrected chi connectivity index (χ1v) is 12.3. The van der Waals surface area contributed by atoms with E-state index < -0.39 is 0 Å². The molecule has 2 N–H and O–H groups in total. The molecule has 2 nitrogen and oxygen atoms in total. The number of nitrogens with one attached hydrogen (secondary N) is 2. The zero-order valence-electron chi connectivity index (χ0n) is 16.9. The van der Waals surface area contributed by atoms with Gasteiger partial charge in [0.2, 0.25) is 0 Å². The molecular formula is C25H46N2. The predicted octanol–water partition coefficient (Wildman–Crippen LogP) is 5.62. The van der Waals surface area contributed by atoms with Gasteiger partial charge in [-0.2, -0.15) is 0 Å². The molecule has 4 aliphatic carbocycles. The van der Waals surface area contributed by atoms with E-state index in [0.29, 0.717) is 0 Å². The van der Waals surface area contributed by atoms with E-state index in [1.807, 2.05) is 0 Å². The Morgan fingerprint density at radius 1 is 0.481 bits per heavy atom. The smallest absolute Gasteiger partial charge is 0.00981 e. The second-order valence-corrected chi connectivity index (χ2v) is 10.8. The summed E-state index contributed by atoms with van der Waals surface area (Å²) in [4.78, 5) is 0. The Morgan fingerprint density at radius 2 is 1.04 bits per heavy atom. The molecule has 0 radical (unpaired) electrons. The molecule has 0 aromatic heterocycles. The topological polar surface area (TPSA) is 24.1 Å². The van der Waals surface area contributed by atoms with Crippen molar-refractivity contribution in [2.45, 2.75) is 96.9 Å². The highest BCUT2D eigenvalue weighted by atomic mass is 14.9. The molecule has 2 heteroatoms. The average molecular weight is 375 g/mol. The van der Waals surface area contributed by atoms with Crippen molar-refractivity contribution in [3.05, 3.63) is 0 Å². The van der Waals surface area contributed by atoms with E-state index in [1.54, 1.807) is 38.5 Å². The highest BCUT2D eigenvalue weighted by Crippen LogP contribution is 2.48. The Kier molecular flexibility index (Phi) is 6.85. The van der Waals surface area contributed by atoms with E-state index in [0.717, 1.165) is 47.5 Å². The van der Waals surface area contributed by atoms with Gasteiger partial charge in [0.15, 0.2) is 0 Å². The van der Waals surface area contributed by atoms with Crippen LogP contribution in [0, 0.1) is 41.4 Å². The van der Waals surface area contributed by atoms with Gasteiger partial charge in [0, 0.05) is 6.04 Å². The minimum atomic E-state index is 0. The molecule has 156 valence electrons. The molecule has 2 heterocycles. The number of rotatable bonds is 0. The SMILES string of the molecule is C.C1CC2CC3CCCNC3CC2C1.C1CC2CC3CCNCC3CC2C1. The van der Waals surface area contributed by atoms with Crippen LogP contribution in [0.25, 0.3) is 0 Å². The van der Waals surface area contributed by atoms with Crippen LogP contribution < -0.4 is 10.6 Å². The van der Waals surface area contributed by atoms with Gasteiger partial charge in [0.25, 0.3) is 0 Å². The Labute approximate surface area is 169 Å². The minimum absolute atomic E-state index is 0. The second-order valence-electron chi connectivity index (χ2n) is 10.8. The van der Waals surface area contributed by atoms with Crippen LogP contribution in [0.15, 0.2) is 0 Å². The van der Waals surface area contributed by atoms with Gasteiger partial charge in [-0.1, -0.05) is 46.0 Å². The predicted molar refractivity (Wildman–Crippen MR) is 116 cm³/mol. The van der Waals surface area contributed by atoms with Crippen LogP contribution in [0.3, 0.4) is 0 Å². The van der Waals surface area contributed by atoms with E-state index in [1.165, 1.54) is 64.6 Å². The highest BCUT2D eigenvalue weighted by molar-refractivity contribution is 4.94. The summed E-state index contributed by atoms with van der Waals surface area (Å²) < 4.78 is 0. The quantitative estimate of drug-likeness (QED) is 0.575. The van der Waals surface area contributed by atoms with Crippen LogP contribution in [-0.2, 0) is 0 Å². The first-order chi connectivity index (χ1) is 12.9. The van der Waals surface area contributed by atoms with Crippen molar-refractivity contribution in [3.63, 3.8) is 0 Å². The number of hydrogen-bond donors (Lipinski definition) is 2. The highest BCUT2D eigenvalue weighted by Gasteiger charge is 2.40. The van der Waals surface area contributed by atoms with Gasteiger partial charge >= 0.3 is 0 Å². The summed E-state index contributed by atoms with van der Waals surface area (Å²) in [6.45, 7) is 3.91. The maximum Gasteiger partial charge on any atom is 0.00981 e. The average Bonchev–Trinajstić information content (AvgIpc) is 3.33. The fraction of sp³-hybridized carbons (Fsp3) is 1.00. The third-order valence-electron chi connectivity index (χ3n) is 9.50. The molecule has 6 fully saturated rings. The standard InChI is InChI=1S/2C12H21N.CH4/c1-3-9-7-11-5-2-6-13-12(11)8-10(9)4-1;1-2-9-6-11-4-5-13-8-12(11)7-10(9)3-1;/h2*9-13H,1-8H2;1H4. The summed E-state index contributed by atoms with van der Waals surface area (Å²) in [5, 5.41) is 7.30. The van der Waals surface area contributed by atoms with E-state index >= 15 is 0 Å². The number of piperidine rings is 2. The first-order valence-electron chi connectivity index (χ1n) is 12.3. The fourth-order valence-corrected chi connectivity index (χ4v) is 8.10. The lowest BCUT2D eigenvalue weighted by Crippen LogP contribution is -2.46. The van der Waals surface area contributed by atoms with Gasteiger partial charge in [-0.05, 0) is 106 Å². The normalized spacial score (nSPS) is 48.0. The van der Waals surface area contributed by atoms with Crippen molar-refractivity contribution in [3.8, 4) is 0 Å². The van der Waals surface area contributed by atoms with Crippen molar-refractivity contribution in [2.24, 2.45) is 41.4 Å². The van der Waals surface area contributed by atoms with Crippen LogP contribution in [0.5, 0.6) is 0 Å². The third-order valence-corrected chi connectivity index (χ3v) is 9.50. The van der Waals surface area contributed by atoms with E-state index in [2.05, 4.69) is 10.6 Å². The summed E-state index contributed by atoms with van der Waals surface area (Å²) in [5.41, 5.74) is 0. The zero-order valence-corrected chi connectivity index (χ0v) is 16.9. The Balaban J connectivity index is 0.000000129. The molecule has 2 aliphatic heterocycles. The van der Waals surface area contributed by atoms with Gasteiger partial charge in [-0.3, -0.25) is 0 Å². The first kappa shape index (κ1) is 20.2. The van der Waals surface area contributed by atoms with Crippen molar-refractivity contribution in [1.82, 2.24) is 10.6 Å². The van der Waals surface area contributed by atoms with Crippen molar-refractivity contribution < 1.29 is 0 Å². The molecule has 0 bridgehead atoms. The number of fused-ring (bicyclic) bond motifs is 4. The van der Waals surface area contributed by atoms with Gasteiger partial charge in [0.1, 0.15) is 0 Å². The van der Waals surface area contributed by atoms with Crippen molar-refractivity contribution in [2.75, 3.05) is 19.6 Å². The molecule has 0 aromatic carbocycles. The van der Waals surface area contributed by atoms with Crippen molar-refractivity contribution >= 4 is 0 Å². The van der Waals surface area contributed by atoms with Gasteiger partial charge < -0.3 is 10.6 Å². The molecule has 6 rings (SSSR count). The van der Waals surface area contributed by atoms with Crippen LogP contribution in [0.1, 0.15) is 90.9 Å². The summed E-state index contributed by atoms with van der Waals surface area (Å²) >= 11 is 0. The van der Waals surface area contributed by atoms with Gasteiger partial charge in [0.05, 0.1) is 0 Å². The third kappa shape index (κ3) is 4.42. The van der Waals surface area contributed by atoms with Crippen LogP contribution in [0.4, 0.5) is 0 Å². The lowest BCUT2D eigenvalue weighted by Gasteiger charge is -2.42. The lowest BCUT2D eigenvalue weighted by molar-refractivity contribution is 0.104. The number of hydrogen-bond acceptors (Lipinski definition) is 2. The molecule has 6 aliphatic rings.